The molecular formula is C22H26Cl2N8O2. The van der Waals surface area contributed by atoms with Gasteiger partial charge in [0.15, 0.2) is 11.6 Å². The van der Waals surface area contributed by atoms with Gasteiger partial charge < -0.3 is 25.6 Å². The number of aliphatic hydroxyl groups excluding tert-OH is 1. The van der Waals surface area contributed by atoms with Crippen molar-refractivity contribution >= 4 is 53.4 Å². The lowest BCUT2D eigenvalue weighted by Gasteiger charge is -2.33. The Labute approximate surface area is 208 Å². The number of carbonyl (C=O) groups is 1. The molecule has 34 heavy (non-hydrogen) atoms. The first-order valence-corrected chi connectivity index (χ1v) is 10.5. The molecule has 1 aromatic carbocycles. The van der Waals surface area contributed by atoms with Crippen LogP contribution < -0.4 is 15.5 Å². The van der Waals surface area contributed by atoms with Gasteiger partial charge >= 0.3 is 0 Å². The number of hydrogen-bond donors (Lipinski definition) is 4. The third-order valence-electron chi connectivity index (χ3n) is 5.56. The maximum atomic E-state index is 12.7. The van der Waals surface area contributed by atoms with Crippen LogP contribution in [0.4, 0.5) is 11.6 Å². The van der Waals surface area contributed by atoms with Crippen LogP contribution in [0.3, 0.4) is 0 Å². The largest absolute Gasteiger partial charge is 0.395 e. The molecule has 0 saturated carbocycles. The van der Waals surface area contributed by atoms with Crippen LogP contribution in [0.2, 0.25) is 0 Å². The predicted octanol–water partition coefficient (Wildman–Crippen LogP) is 2.22. The van der Waals surface area contributed by atoms with Gasteiger partial charge in [-0.3, -0.25) is 9.48 Å². The second-order valence-electron chi connectivity index (χ2n) is 7.78. The molecule has 0 bridgehead atoms. The van der Waals surface area contributed by atoms with Gasteiger partial charge in [0.25, 0.3) is 5.91 Å². The molecule has 3 aromatic heterocycles. The highest BCUT2D eigenvalue weighted by Crippen LogP contribution is 2.23. The minimum atomic E-state index is -0.285. The zero-order chi connectivity index (χ0) is 22.1. The number of nitrogens with zero attached hydrogens (tertiary/aromatic N) is 5. The number of rotatable bonds is 5. The van der Waals surface area contributed by atoms with E-state index in [2.05, 4.69) is 35.6 Å². The van der Waals surface area contributed by atoms with Gasteiger partial charge in [-0.25, -0.2) is 9.97 Å². The van der Waals surface area contributed by atoms with E-state index in [4.69, 9.17) is 0 Å². The quantitative estimate of drug-likeness (QED) is 0.328. The highest BCUT2D eigenvalue weighted by Gasteiger charge is 2.20. The average Bonchev–Trinajstić information content (AvgIpc) is 3.42. The van der Waals surface area contributed by atoms with E-state index in [1.165, 1.54) is 0 Å². The van der Waals surface area contributed by atoms with Crippen molar-refractivity contribution in [2.24, 2.45) is 7.05 Å². The van der Waals surface area contributed by atoms with E-state index < -0.39 is 0 Å². The maximum absolute atomic E-state index is 12.7. The summed E-state index contributed by atoms with van der Waals surface area (Å²) in [6.45, 7) is 2.33. The zero-order valence-electron chi connectivity index (χ0n) is 18.4. The number of H-pyrrole nitrogens is 1. The number of aromatic amines is 1. The first-order valence-electron chi connectivity index (χ1n) is 10.5. The molecule has 1 saturated heterocycles. The van der Waals surface area contributed by atoms with Crippen molar-refractivity contribution in [3.05, 3.63) is 54.2 Å². The minimum Gasteiger partial charge on any atom is -0.395 e. The third-order valence-corrected chi connectivity index (χ3v) is 5.56. The highest BCUT2D eigenvalue weighted by molar-refractivity contribution is 6.03. The van der Waals surface area contributed by atoms with Crippen LogP contribution in [0.25, 0.3) is 22.6 Å². The van der Waals surface area contributed by atoms with Crippen LogP contribution in [0.5, 0.6) is 0 Å². The van der Waals surface area contributed by atoms with Gasteiger partial charge in [-0.05, 0) is 24.3 Å². The second kappa shape index (κ2) is 10.8. The van der Waals surface area contributed by atoms with E-state index in [1.807, 2.05) is 37.4 Å². The van der Waals surface area contributed by atoms with Crippen LogP contribution in [-0.4, -0.2) is 68.0 Å². The fourth-order valence-corrected chi connectivity index (χ4v) is 3.88. The van der Waals surface area contributed by atoms with E-state index in [1.54, 1.807) is 23.0 Å². The number of halogens is 2. The summed E-state index contributed by atoms with van der Waals surface area (Å²) >= 11 is 0. The summed E-state index contributed by atoms with van der Waals surface area (Å²) in [5.41, 5.74) is 3.02. The topological polar surface area (TPSA) is 124 Å². The molecule has 1 unspecified atom stereocenters. The van der Waals surface area contributed by atoms with Crippen molar-refractivity contribution in [2.75, 3.05) is 36.5 Å². The van der Waals surface area contributed by atoms with Crippen LogP contribution in [0, 0.1) is 0 Å². The first kappa shape index (κ1) is 25.4. The molecule has 4 heterocycles. The van der Waals surface area contributed by atoms with E-state index in [0.29, 0.717) is 23.8 Å². The Morgan fingerprint density at radius 1 is 1.24 bits per heavy atom. The lowest BCUT2D eigenvalue weighted by molar-refractivity contribution is 0.102. The van der Waals surface area contributed by atoms with Gasteiger partial charge in [0.05, 0.1) is 23.2 Å². The molecule has 1 aliphatic heterocycles. The number of piperazine rings is 1. The molecule has 4 N–H and O–H groups in total. The summed E-state index contributed by atoms with van der Waals surface area (Å²) in [6.07, 6.45) is 1.56. The number of aryl methyl sites for hydroxylation is 1. The molecule has 1 aliphatic rings. The minimum absolute atomic E-state index is 0. The normalized spacial score (nSPS) is 15.5. The van der Waals surface area contributed by atoms with Crippen molar-refractivity contribution in [1.29, 1.82) is 0 Å². The second-order valence-corrected chi connectivity index (χ2v) is 7.78. The number of aromatic nitrogens is 5. The number of pyridine rings is 1. The summed E-state index contributed by atoms with van der Waals surface area (Å²) in [6, 6.07) is 13.2. The van der Waals surface area contributed by atoms with E-state index in [9.17, 15) is 9.90 Å². The summed E-state index contributed by atoms with van der Waals surface area (Å²) in [7, 11) is 1.81. The SMILES string of the molecule is Cl.Cl.Cn1nc(NC(=O)c2ccc(N3CCNC(CO)C3)nc2)cc1-c1nc2ccccc2[nH]1. The number of aliphatic hydroxyl groups is 1. The Kier molecular flexibility index (Phi) is 8.11. The van der Waals surface area contributed by atoms with Crippen molar-refractivity contribution < 1.29 is 9.90 Å². The number of nitrogens with one attached hydrogen (secondary N) is 3. The van der Waals surface area contributed by atoms with Crippen molar-refractivity contribution in [3.63, 3.8) is 0 Å². The van der Waals surface area contributed by atoms with Crippen LogP contribution in [-0.2, 0) is 7.05 Å². The van der Waals surface area contributed by atoms with Gasteiger partial charge in [-0.2, -0.15) is 5.10 Å². The fraction of sp³-hybridized carbons (Fsp3) is 0.273. The lowest BCUT2D eigenvalue weighted by atomic mass is 10.2. The Morgan fingerprint density at radius 3 is 2.79 bits per heavy atom. The first-order chi connectivity index (χ1) is 15.6. The molecule has 1 amide bonds. The molecule has 1 fully saturated rings. The molecule has 10 nitrogen and oxygen atoms in total. The Balaban J connectivity index is 0.00000162. The van der Waals surface area contributed by atoms with Crippen molar-refractivity contribution in [3.8, 4) is 11.5 Å². The Hall–Kier alpha value is -3.18. The molecule has 12 heteroatoms. The van der Waals surface area contributed by atoms with Crippen LogP contribution >= 0.6 is 24.8 Å². The number of benzene rings is 1. The standard InChI is InChI=1S/C22H24N8O2.2ClH/c1-29-18(21-25-16-4-2-3-5-17(16)26-21)10-19(28-29)27-22(32)14-6-7-20(24-11-14)30-9-8-23-15(12-30)13-31;;/h2-7,10-11,15,23,31H,8-9,12-13H2,1H3,(H,25,26)(H,27,28,32);2*1H. The Morgan fingerprint density at radius 2 is 2.06 bits per heavy atom. The molecule has 5 rings (SSSR count). The summed E-state index contributed by atoms with van der Waals surface area (Å²) in [5, 5.41) is 19.8. The number of para-hydroxylation sites is 2. The zero-order valence-corrected chi connectivity index (χ0v) is 20.1. The molecule has 180 valence electrons. The Bertz CT molecular complexity index is 1220. The van der Waals surface area contributed by atoms with E-state index in [-0.39, 0.29) is 43.4 Å². The van der Waals surface area contributed by atoms with E-state index in [0.717, 1.165) is 35.6 Å². The maximum Gasteiger partial charge on any atom is 0.258 e. The number of amides is 1. The average molecular weight is 505 g/mol. The monoisotopic (exact) mass is 504 g/mol. The number of imidazole rings is 1. The lowest BCUT2D eigenvalue weighted by Crippen LogP contribution is -2.52. The van der Waals surface area contributed by atoms with Gasteiger partial charge in [-0.15, -0.1) is 24.8 Å². The van der Waals surface area contributed by atoms with Crippen LogP contribution in [0.15, 0.2) is 48.7 Å². The summed E-state index contributed by atoms with van der Waals surface area (Å²) < 4.78 is 1.68. The molecular weight excluding hydrogens is 479 g/mol. The molecule has 1 atom stereocenters. The summed E-state index contributed by atoms with van der Waals surface area (Å²) in [5.74, 6) is 1.62. The number of carbonyl (C=O) groups excluding carboxylic acids is 1. The fourth-order valence-electron chi connectivity index (χ4n) is 3.88. The van der Waals surface area contributed by atoms with Gasteiger partial charge in [0.1, 0.15) is 11.5 Å². The smallest absolute Gasteiger partial charge is 0.258 e. The highest BCUT2D eigenvalue weighted by atomic mass is 35.5. The van der Waals surface area contributed by atoms with Crippen LogP contribution in [0.1, 0.15) is 10.4 Å². The van der Waals surface area contributed by atoms with Gasteiger partial charge in [0.2, 0.25) is 0 Å². The third kappa shape index (κ3) is 5.15. The van der Waals surface area contributed by atoms with Gasteiger partial charge in [0, 0.05) is 45.0 Å². The summed E-state index contributed by atoms with van der Waals surface area (Å²) in [4.78, 5) is 27.1. The predicted molar refractivity (Wildman–Crippen MR) is 136 cm³/mol. The molecule has 0 spiro atoms. The molecule has 0 radical (unpaired) electrons. The molecule has 4 aromatic rings. The van der Waals surface area contributed by atoms with Crippen molar-refractivity contribution in [2.45, 2.75) is 6.04 Å². The van der Waals surface area contributed by atoms with E-state index >= 15 is 0 Å². The van der Waals surface area contributed by atoms with Gasteiger partial charge in [-0.1, -0.05) is 12.1 Å². The number of hydrogen-bond acceptors (Lipinski definition) is 7. The number of fused-ring (bicyclic) bond motifs is 1. The van der Waals surface area contributed by atoms with Crippen molar-refractivity contribution in [1.82, 2.24) is 30.0 Å². The molecule has 0 aliphatic carbocycles. The number of anilines is 2.